The van der Waals surface area contributed by atoms with Crippen molar-refractivity contribution in [2.75, 3.05) is 0 Å². The normalized spacial score (nSPS) is 12.7. The highest BCUT2D eigenvalue weighted by Crippen LogP contribution is 2.16. The number of carboxylic acid groups (broad SMARTS) is 1. The molecule has 1 unspecified atom stereocenters. The Labute approximate surface area is 285 Å². The van der Waals surface area contributed by atoms with Crippen LogP contribution in [0, 0.1) is 0 Å². The Kier molecular flexibility index (Phi) is 35.7. The van der Waals surface area contributed by atoms with Crippen LogP contribution in [0.25, 0.3) is 0 Å². The fourth-order valence-corrected chi connectivity index (χ4v) is 5.66. The summed E-state index contributed by atoms with van der Waals surface area (Å²) in [6.45, 7) is 4.43. The van der Waals surface area contributed by atoms with E-state index >= 15 is 0 Å². The van der Waals surface area contributed by atoms with E-state index < -0.39 is 12.1 Å². The van der Waals surface area contributed by atoms with Crippen LogP contribution in [0.5, 0.6) is 0 Å². The van der Waals surface area contributed by atoms with Gasteiger partial charge in [0.15, 0.2) is 6.10 Å². The summed E-state index contributed by atoms with van der Waals surface area (Å²) in [7, 11) is 0. The third-order valence-electron chi connectivity index (χ3n) is 8.59. The van der Waals surface area contributed by atoms with Gasteiger partial charge < -0.3 is 9.84 Å². The number of allylic oxidation sites excluding steroid dienone is 8. The van der Waals surface area contributed by atoms with Crippen LogP contribution in [0.1, 0.15) is 200 Å². The van der Waals surface area contributed by atoms with Crippen LogP contribution in [0.15, 0.2) is 48.6 Å². The number of carboxylic acids is 1. The molecule has 0 aromatic rings. The smallest absolute Gasteiger partial charge is 0.345 e. The molecule has 0 radical (unpaired) electrons. The number of hydrogen-bond donors (Lipinski definition) is 1. The van der Waals surface area contributed by atoms with Crippen LogP contribution in [-0.2, 0) is 14.3 Å². The Morgan fingerprint density at radius 3 is 1.30 bits per heavy atom. The minimum Gasteiger partial charge on any atom is -0.479 e. The van der Waals surface area contributed by atoms with Gasteiger partial charge in [0.2, 0.25) is 0 Å². The maximum Gasteiger partial charge on any atom is 0.345 e. The molecule has 0 aromatic carbocycles. The molecule has 0 aliphatic heterocycles. The summed E-state index contributed by atoms with van der Waals surface area (Å²) in [5.74, 6) is -1.41. The van der Waals surface area contributed by atoms with Crippen LogP contribution in [0.3, 0.4) is 0 Å². The number of carbonyl (C=O) groups excluding carboxylic acids is 1. The molecule has 46 heavy (non-hydrogen) atoms. The van der Waals surface area contributed by atoms with Crippen molar-refractivity contribution in [3.8, 4) is 0 Å². The maximum absolute atomic E-state index is 12.2. The molecule has 0 heterocycles. The fraction of sp³-hybridized carbons (Fsp3) is 0.762. The molecule has 0 spiro atoms. The van der Waals surface area contributed by atoms with Crippen molar-refractivity contribution in [1.82, 2.24) is 0 Å². The zero-order chi connectivity index (χ0) is 33.6. The van der Waals surface area contributed by atoms with Gasteiger partial charge in [-0.15, -0.1) is 0 Å². The molecule has 0 bridgehead atoms. The number of esters is 1. The maximum atomic E-state index is 12.2. The Bertz CT molecular complexity index is 779. The molecule has 1 atom stereocenters. The number of ether oxygens (including phenoxy) is 1. The lowest BCUT2D eigenvalue weighted by molar-refractivity contribution is -0.164. The molecule has 0 saturated carbocycles. The molecule has 0 amide bonds. The van der Waals surface area contributed by atoms with E-state index in [0.717, 1.165) is 64.2 Å². The van der Waals surface area contributed by atoms with E-state index in [9.17, 15) is 14.7 Å². The van der Waals surface area contributed by atoms with Gasteiger partial charge in [-0.05, 0) is 57.8 Å². The zero-order valence-corrected chi connectivity index (χ0v) is 30.4. The molecule has 0 saturated heterocycles. The number of aliphatic carboxylic acids is 1. The van der Waals surface area contributed by atoms with Gasteiger partial charge in [-0.1, -0.05) is 184 Å². The summed E-state index contributed by atoms with van der Waals surface area (Å²) >= 11 is 0. The van der Waals surface area contributed by atoms with Gasteiger partial charge in [0.05, 0.1) is 0 Å². The van der Waals surface area contributed by atoms with Crippen LogP contribution in [0.4, 0.5) is 0 Å². The van der Waals surface area contributed by atoms with Crippen LogP contribution >= 0.6 is 0 Å². The van der Waals surface area contributed by atoms with Gasteiger partial charge in [-0.25, -0.2) is 4.79 Å². The summed E-state index contributed by atoms with van der Waals surface area (Å²) in [5, 5.41) is 9.49. The summed E-state index contributed by atoms with van der Waals surface area (Å²) in [6.07, 6.45) is 50.1. The minimum atomic E-state index is -1.02. The summed E-state index contributed by atoms with van der Waals surface area (Å²) in [4.78, 5) is 23.8. The first-order valence-electron chi connectivity index (χ1n) is 19.6. The van der Waals surface area contributed by atoms with E-state index in [-0.39, 0.29) is 12.4 Å². The predicted molar refractivity (Wildman–Crippen MR) is 199 cm³/mol. The molecule has 0 rings (SSSR count). The lowest BCUT2D eigenvalue weighted by Gasteiger charge is -2.13. The second kappa shape index (κ2) is 37.4. The molecular formula is C42H74O4. The number of carbonyl (C=O) groups is 2. The number of rotatable bonds is 35. The zero-order valence-electron chi connectivity index (χ0n) is 30.4. The van der Waals surface area contributed by atoms with Gasteiger partial charge in [-0.2, -0.15) is 0 Å². The van der Waals surface area contributed by atoms with Gasteiger partial charge in [0.1, 0.15) is 0 Å². The third-order valence-corrected chi connectivity index (χ3v) is 8.59. The van der Waals surface area contributed by atoms with Gasteiger partial charge in [0.25, 0.3) is 0 Å². The predicted octanol–water partition coefficient (Wildman–Crippen LogP) is 13.6. The first kappa shape index (κ1) is 43.9. The van der Waals surface area contributed by atoms with Crippen molar-refractivity contribution in [2.45, 2.75) is 206 Å². The molecule has 1 N–H and O–H groups in total. The average Bonchev–Trinajstić information content (AvgIpc) is 3.05. The van der Waals surface area contributed by atoms with Gasteiger partial charge in [0, 0.05) is 6.42 Å². The first-order valence-corrected chi connectivity index (χ1v) is 19.6. The SMILES string of the molecule is CC/C=C\C/C=C\C/C=C\C/C=C\CCCCC(=O)OC(CCCCCCCCCCCCCCCCCCCCCC)C(=O)O. The Balaban J connectivity index is 3.60. The first-order chi connectivity index (χ1) is 22.6. The molecule has 0 aliphatic rings. The highest BCUT2D eigenvalue weighted by Gasteiger charge is 2.21. The molecular weight excluding hydrogens is 568 g/mol. The summed E-state index contributed by atoms with van der Waals surface area (Å²) in [6, 6.07) is 0. The Morgan fingerprint density at radius 1 is 0.500 bits per heavy atom. The van der Waals surface area contributed by atoms with Crippen LogP contribution in [-0.4, -0.2) is 23.1 Å². The van der Waals surface area contributed by atoms with E-state index in [0.29, 0.717) is 6.42 Å². The van der Waals surface area contributed by atoms with Gasteiger partial charge >= 0.3 is 11.9 Å². The monoisotopic (exact) mass is 643 g/mol. The van der Waals surface area contributed by atoms with Crippen molar-refractivity contribution in [3.05, 3.63) is 48.6 Å². The molecule has 266 valence electrons. The second-order valence-electron chi connectivity index (χ2n) is 13.1. The average molecular weight is 643 g/mol. The van der Waals surface area contributed by atoms with Crippen molar-refractivity contribution in [2.24, 2.45) is 0 Å². The van der Waals surface area contributed by atoms with E-state index in [1.165, 1.54) is 109 Å². The fourth-order valence-electron chi connectivity index (χ4n) is 5.66. The summed E-state index contributed by atoms with van der Waals surface area (Å²) < 4.78 is 5.30. The van der Waals surface area contributed by atoms with E-state index in [1.807, 2.05) is 0 Å². The van der Waals surface area contributed by atoms with Gasteiger partial charge in [-0.3, -0.25) is 4.79 Å². The Morgan fingerprint density at radius 2 is 0.891 bits per heavy atom. The standard InChI is InChI=1S/C42H74O4/c1-3-5-7-9-11-13-15-17-19-20-21-22-23-25-26-28-30-32-34-36-38-40(42(44)45)46-41(43)39-37-35-33-31-29-27-24-18-16-14-12-10-8-6-4-2/h6,8,12,14,18,24,29,31,40H,3-5,7,9-11,13,15-17,19-23,25-28,30,32-39H2,1-2H3,(H,44,45)/b8-6-,14-12-,24-18-,31-29-. The van der Waals surface area contributed by atoms with Crippen molar-refractivity contribution in [1.29, 1.82) is 0 Å². The highest BCUT2D eigenvalue weighted by molar-refractivity contribution is 5.77. The molecule has 0 aromatic heterocycles. The lowest BCUT2D eigenvalue weighted by Crippen LogP contribution is -2.27. The number of unbranched alkanes of at least 4 members (excludes halogenated alkanes) is 21. The molecule has 4 nitrogen and oxygen atoms in total. The largest absolute Gasteiger partial charge is 0.479 e. The van der Waals surface area contributed by atoms with Crippen molar-refractivity contribution >= 4 is 11.9 Å². The number of hydrogen-bond acceptors (Lipinski definition) is 3. The Hall–Kier alpha value is -2.10. The lowest BCUT2D eigenvalue weighted by atomic mass is 10.0. The molecule has 0 aliphatic carbocycles. The van der Waals surface area contributed by atoms with Crippen molar-refractivity contribution in [3.63, 3.8) is 0 Å². The highest BCUT2D eigenvalue weighted by atomic mass is 16.6. The minimum absolute atomic E-state index is 0.288. The molecule has 4 heteroatoms. The van der Waals surface area contributed by atoms with Crippen molar-refractivity contribution < 1.29 is 19.4 Å². The van der Waals surface area contributed by atoms with E-state index in [1.54, 1.807) is 0 Å². The second-order valence-corrected chi connectivity index (χ2v) is 13.1. The summed E-state index contributed by atoms with van der Waals surface area (Å²) in [5.41, 5.74) is 0. The topological polar surface area (TPSA) is 63.6 Å². The van der Waals surface area contributed by atoms with E-state index in [2.05, 4.69) is 62.5 Å². The third kappa shape index (κ3) is 34.8. The van der Waals surface area contributed by atoms with E-state index in [4.69, 9.17) is 4.74 Å². The quantitative estimate of drug-likeness (QED) is 0.0424. The van der Waals surface area contributed by atoms with Crippen LogP contribution in [0.2, 0.25) is 0 Å². The van der Waals surface area contributed by atoms with Crippen LogP contribution < -0.4 is 0 Å². The molecule has 0 fully saturated rings.